The third kappa shape index (κ3) is 5.86. The van der Waals surface area contributed by atoms with E-state index in [-0.39, 0.29) is 38.1 Å². The van der Waals surface area contributed by atoms with Crippen LogP contribution in [-0.2, 0) is 20.8 Å². The summed E-state index contributed by atoms with van der Waals surface area (Å²) in [5.41, 5.74) is 0.0518. The van der Waals surface area contributed by atoms with E-state index in [0.29, 0.717) is 45.1 Å². The van der Waals surface area contributed by atoms with Crippen molar-refractivity contribution in [3.8, 4) is 10.8 Å². The first-order chi connectivity index (χ1) is 20.7. The number of rotatable bonds is 11. The molecule has 1 fully saturated rings. The molecule has 12 nitrogen and oxygen atoms in total. The van der Waals surface area contributed by atoms with E-state index < -0.39 is 29.2 Å². The first-order valence-corrected chi connectivity index (χ1v) is 14.9. The van der Waals surface area contributed by atoms with Gasteiger partial charge in [0.2, 0.25) is 5.91 Å². The summed E-state index contributed by atoms with van der Waals surface area (Å²) in [6.45, 7) is 6.53. The van der Waals surface area contributed by atoms with Gasteiger partial charge in [0.05, 0.1) is 50.7 Å². The Morgan fingerprint density at radius 1 is 1.16 bits per heavy atom. The first kappa shape index (κ1) is 30.6. The molecule has 4 aromatic rings. The van der Waals surface area contributed by atoms with Crippen LogP contribution in [0.5, 0.6) is 5.75 Å². The normalized spacial score (nSPS) is 16.0. The molecule has 2 atom stereocenters. The number of fused-ring (bicyclic) bond motifs is 1. The minimum atomic E-state index is -0.830. The third-order valence-electron chi connectivity index (χ3n) is 7.65. The fourth-order valence-corrected chi connectivity index (χ4v) is 6.72. The topological polar surface area (TPSA) is 123 Å². The Labute approximate surface area is 251 Å². The zero-order chi connectivity index (χ0) is 30.8. The summed E-state index contributed by atoms with van der Waals surface area (Å²) in [5.74, 6) is -0.327. The third-order valence-corrected chi connectivity index (χ3v) is 8.93. The van der Waals surface area contributed by atoms with Gasteiger partial charge in [-0.25, -0.2) is 9.18 Å². The molecule has 1 saturated heterocycles. The van der Waals surface area contributed by atoms with E-state index in [1.165, 1.54) is 63.0 Å². The summed E-state index contributed by atoms with van der Waals surface area (Å²) in [4.78, 5) is 44.7. The Morgan fingerprint density at radius 2 is 1.91 bits per heavy atom. The molecule has 4 heterocycles. The maximum atomic E-state index is 14.5. The van der Waals surface area contributed by atoms with Crippen LogP contribution in [0.15, 0.2) is 40.2 Å². The van der Waals surface area contributed by atoms with Gasteiger partial charge < -0.3 is 19.1 Å². The van der Waals surface area contributed by atoms with Crippen molar-refractivity contribution in [3.05, 3.63) is 68.4 Å². The fraction of sp³-hybridized carbons (Fsp3) is 0.483. The molecule has 1 aromatic carbocycles. The molecule has 1 amide bonds. The van der Waals surface area contributed by atoms with Gasteiger partial charge in [-0.2, -0.15) is 10.2 Å². The number of carbonyl (C=O) groups excluding carboxylic acids is 1. The number of ether oxygens (including phenoxy) is 3. The van der Waals surface area contributed by atoms with Crippen LogP contribution < -0.4 is 16.0 Å². The lowest BCUT2D eigenvalue weighted by Gasteiger charge is -2.24. The zero-order valence-corrected chi connectivity index (χ0v) is 25.6. The molecular weight excluding hydrogens is 579 g/mol. The Bertz CT molecular complexity index is 1730. The van der Waals surface area contributed by atoms with Crippen LogP contribution >= 0.6 is 11.3 Å². The van der Waals surface area contributed by atoms with Gasteiger partial charge in [-0.1, -0.05) is 25.2 Å². The monoisotopic (exact) mass is 614 g/mol. The molecule has 0 bridgehead atoms. The fourth-order valence-electron chi connectivity index (χ4n) is 5.50. The zero-order valence-electron chi connectivity index (χ0n) is 24.8. The van der Waals surface area contributed by atoms with E-state index in [1.54, 1.807) is 18.9 Å². The van der Waals surface area contributed by atoms with Crippen LogP contribution in [0, 0.1) is 18.7 Å². The molecule has 0 unspecified atom stereocenters. The van der Waals surface area contributed by atoms with Crippen LogP contribution in [0.3, 0.4) is 0 Å². The molecule has 0 aliphatic carbocycles. The number of hydrogen-bond donors (Lipinski definition) is 0. The maximum Gasteiger partial charge on any atom is 0.332 e. The van der Waals surface area contributed by atoms with E-state index in [2.05, 4.69) is 10.2 Å². The van der Waals surface area contributed by atoms with Crippen LogP contribution in [0.2, 0.25) is 0 Å². The molecule has 1 aliphatic heterocycles. The van der Waals surface area contributed by atoms with E-state index in [0.717, 1.165) is 0 Å². The highest BCUT2D eigenvalue weighted by Crippen LogP contribution is 2.34. The number of nitrogens with zero attached hydrogens (tertiary/aromatic N) is 6. The van der Waals surface area contributed by atoms with Crippen molar-refractivity contribution in [2.24, 2.45) is 5.92 Å². The van der Waals surface area contributed by atoms with Gasteiger partial charge in [0.25, 0.3) is 5.56 Å². The van der Waals surface area contributed by atoms with Gasteiger partial charge in [-0.05, 0) is 31.5 Å². The number of likely N-dealkylation sites (tertiary alicyclic amines) is 1. The van der Waals surface area contributed by atoms with Crippen molar-refractivity contribution in [2.45, 2.75) is 45.9 Å². The summed E-state index contributed by atoms with van der Waals surface area (Å²) in [6.07, 6.45) is 2.69. The molecule has 43 heavy (non-hydrogen) atoms. The highest BCUT2D eigenvalue weighted by Gasteiger charge is 2.33. The Morgan fingerprint density at radius 3 is 2.58 bits per heavy atom. The second-order valence-corrected chi connectivity index (χ2v) is 11.7. The van der Waals surface area contributed by atoms with Gasteiger partial charge in [0.15, 0.2) is 0 Å². The molecule has 230 valence electrons. The van der Waals surface area contributed by atoms with E-state index in [9.17, 15) is 18.8 Å². The molecule has 14 heteroatoms. The van der Waals surface area contributed by atoms with Gasteiger partial charge in [0, 0.05) is 37.2 Å². The summed E-state index contributed by atoms with van der Waals surface area (Å²) >= 11 is 1.21. The van der Waals surface area contributed by atoms with Crippen LogP contribution in [0.1, 0.15) is 43.5 Å². The van der Waals surface area contributed by atoms with E-state index in [1.807, 2.05) is 13.8 Å². The second-order valence-electron chi connectivity index (χ2n) is 10.7. The number of methoxy groups -OCH3 is 2. The summed E-state index contributed by atoms with van der Waals surface area (Å²) in [6, 6.07) is 3.60. The smallest absolute Gasteiger partial charge is 0.332 e. The second kappa shape index (κ2) is 12.8. The first-order valence-electron chi connectivity index (χ1n) is 14.0. The van der Waals surface area contributed by atoms with Crippen molar-refractivity contribution >= 4 is 27.5 Å². The number of thiophene rings is 1. The number of hydrogen-bond acceptors (Lipinski definition) is 9. The number of carbonyl (C=O) groups is 1. The minimum Gasteiger partial charge on any atom is -0.496 e. The van der Waals surface area contributed by atoms with Gasteiger partial charge in [0.1, 0.15) is 27.5 Å². The Kier molecular flexibility index (Phi) is 9.08. The van der Waals surface area contributed by atoms with Crippen molar-refractivity contribution in [3.63, 3.8) is 0 Å². The van der Waals surface area contributed by atoms with Crippen LogP contribution in [-0.4, -0.2) is 75.5 Å². The molecule has 0 saturated carbocycles. The van der Waals surface area contributed by atoms with Gasteiger partial charge >= 0.3 is 5.69 Å². The summed E-state index contributed by atoms with van der Waals surface area (Å²) < 4.78 is 34.1. The largest absolute Gasteiger partial charge is 0.496 e. The van der Waals surface area contributed by atoms with Crippen molar-refractivity contribution in [1.82, 2.24) is 29.0 Å². The Balaban J connectivity index is 1.70. The summed E-state index contributed by atoms with van der Waals surface area (Å²) in [7, 11) is 3.02. The molecule has 0 N–H and O–H groups in total. The lowest BCUT2D eigenvalue weighted by molar-refractivity contribution is -0.133. The number of aromatic nitrogens is 5. The minimum absolute atomic E-state index is 0.0273. The van der Waals surface area contributed by atoms with Crippen molar-refractivity contribution < 1.29 is 23.4 Å². The molecule has 5 rings (SSSR count). The molecule has 1 aliphatic rings. The number of benzene rings is 1. The number of aryl methyl sites for hydroxylation is 1. The SMILES string of the molecule is COCCO[C@@H](Cn1c(=O)n([C@@H]2CCN(C(=O)C(C)C)C2)c(=O)c2c(C)c(-n3nccn3)sc21)c1cc(F)ccc1OC. The van der Waals surface area contributed by atoms with Crippen molar-refractivity contribution in [1.29, 1.82) is 0 Å². The average Bonchev–Trinajstić information content (AvgIpc) is 3.75. The van der Waals surface area contributed by atoms with E-state index >= 15 is 0 Å². The predicted molar refractivity (Wildman–Crippen MR) is 159 cm³/mol. The molecule has 0 spiro atoms. The highest BCUT2D eigenvalue weighted by molar-refractivity contribution is 7.21. The highest BCUT2D eigenvalue weighted by atomic mass is 32.1. The van der Waals surface area contributed by atoms with Crippen LogP contribution in [0.25, 0.3) is 15.2 Å². The quantitative estimate of drug-likeness (QED) is 0.236. The average molecular weight is 615 g/mol. The van der Waals surface area contributed by atoms with E-state index in [4.69, 9.17) is 14.2 Å². The maximum absolute atomic E-state index is 14.5. The number of amides is 1. The Hall–Kier alpha value is -3.88. The van der Waals surface area contributed by atoms with Gasteiger partial charge in [-0.15, -0.1) is 4.80 Å². The molecule has 0 radical (unpaired) electrons. The molecule has 3 aromatic heterocycles. The lowest BCUT2D eigenvalue weighted by atomic mass is 10.1. The molecular formula is C29H35FN6O6S. The van der Waals surface area contributed by atoms with Crippen LogP contribution in [0.4, 0.5) is 4.39 Å². The standard InChI is InChI=1S/C29H35FN6O6S/c1-17(2)25(37)33-11-8-20(15-33)35-26(38)24-18(3)27(36-31-9-10-32-36)43-28(24)34(29(35)39)16-23(42-13-12-40-4)21-14-19(30)6-7-22(21)41-5/h6-7,9-10,14,17,20,23H,8,11-13,15-16H2,1-5H3/t20-,23+/m1/s1. The number of halogens is 1. The van der Waals surface area contributed by atoms with Gasteiger partial charge in [-0.3, -0.25) is 18.7 Å². The lowest BCUT2D eigenvalue weighted by Crippen LogP contribution is -2.44. The predicted octanol–water partition coefficient (Wildman–Crippen LogP) is 3.10. The summed E-state index contributed by atoms with van der Waals surface area (Å²) in [5, 5.41) is 9.42. The van der Waals surface area contributed by atoms with Crippen molar-refractivity contribution in [2.75, 3.05) is 40.5 Å².